The number of carbonyl (C=O) groups is 1. The van der Waals surface area contributed by atoms with E-state index in [-0.39, 0.29) is 5.56 Å². The van der Waals surface area contributed by atoms with Crippen LogP contribution in [0.5, 0.6) is 0 Å². The summed E-state index contributed by atoms with van der Waals surface area (Å²) >= 11 is 0. The molecule has 0 aromatic heterocycles. The lowest BCUT2D eigenvalue weighted by molar-refractivity contribution is 0.0698. The van der Waals surface area contributed by atoms with Gasteiger partial charge in [0.1, 0.15) is 0 Å². The van der Waals surface area contributed by atoms with Crippen molar-refractivity contribution in [3.63, 3.8) is 0 Å². The summed E-state index contributed by atoms with van der Waals surface area (Å²) in [5.74, 6) is -0.253. The number of rotatable bonds is 2. The van der Waals surface area contributed by atoms with E-state index in [4.69, 9.17) is 10.8 Å². The van der Waals surface area contributed by atoms with Gasteiger partial charge in [-0.05, 0) is 36.3 Å². The van der Waals surface area contributed by atoms with Gasteiger partial charge in [0.25, 0.3) is 0 Å². The molecule has 3 N–H and O–H groups in total. The molecule has 2 rings (SSSR count). The van der Waals surface area contributed by atoms with Gasteiger partial charge in [-0.2, -0.15) is 0 Å². The van der Waals surface area contributed by atoms with Crippen LogP contribution in [0.15, 0.2) is 18.2 Å². The third-order valence-electron chi connectivity index (χ3n) is 4.37. The molecule has 110 valence electrons. The third-order valence-corrected chi connectivity index (χ3v) is 4.37. The van der Waals surface area contributed by atoms with Crippen molar-refractivity contribution < 1.29 is 9.90 Å². The normalized spacial score (nSPS) is 17.2. The van der Waals surface area contributed by atoms with Crippen molar-refractivity contribution in [2.45, 2.75) is 33.6 Å². The predicted molar refractivity (Wildman–Crippen MR) is 82.2 cm³/mol. The molecule has 0 bridgehead atoms. The van der Waals surface area contributed by atoms with Gasteiger partial charge < -0.3 is 15.7 Å². The average molecular weight is 276 g/mol. The van der Waals surface area contributed by atoms with Crippen molar-refractivity contribution in [3.8, 4) is 0 Å². The molecule has 20 heavy (non-hydrogen) atoms. The second kappa shape index (κ2) is 5.35. The molecule has 1 aliphatic rings. The fourth-order valence-electron chi connectivity index (χ4n) is 3.00. The average Bonchev–Trinajstić information content (AvgIpc) is 2.38. The Morgan fingerprint density at radius 1 is 1.30 bits per heavy atom. The van der Waals surface area contributed by atoms with Crippen LogP contribution in [0.2, 0.25) is 0 Å². The zero-order chi connectivity index (χ0) is 14.9. The summed E-state index contributed by atoms with van der Waals surface area (Å²) in [5, 5.41) is 9.14. The van der Waals surface area contributed by atoms with E-state index in [2.05, 4.69) is 25.7 Å². The van der Waals surface area contributed by atoms with Crippen LogP contribution in [-0.4, -0.2) is 24.2 Å². The van der Waals surface area contributed by atoms with Crippen LogP contribution < -0.4 is 10.6 Å². The molecule has 0 saturated carbocycles. The Labute approximate surface area is 120 Å². The Morgan fingerprint density at radius 3 is 2.40 bits per heavy atom. The summed E-state index contributed by atoms with van der Waals surface area (Å²) in [6.45, 7) is 8.73. The summed E-state index contributed by atoms with van der Waals surface area (Å²) in [7, 11) is 0. The van der Waals surface area contributed by atoms with E-state index in [0.29, 0.717) is 17.0 Å². The van der Waals surface area contributed by atoms with E-state index in [1.54, 1.807) is 12.1 Å². The maximum absolute atomic E-state index is 11.1. The predicted octanol–water partition coefficient (Wildman–Crippen LogP) is 3.23. The Morgan fingerprint density at radius 2 is 1.90 bits per heavy atom. The number of piperidine rings is 1. The molecule has 4 nitrogen and oxygen atoms in total. The molecule has 1 fully saturated rings. The fourth-order valence-corrected chi connectivity index (χ4v) is 3.00. The molecule has 1 heterocycles. The first-order valence-electron chi connectivity index (χ1n) is 7.17. The first-order chi connectivity index (χ1) is 9.30. The number of anilines is 2. The van der Waals surface area contributed by atoms with Crippen molar-refractivity contribution in [3.05, 3.63) is 23.8 Å². The molecular formula is C16H24N2O2. The lowest BCUT2D eigenvalue weighted by atomic mass is 9.75. The number of benzene rings is 1. The fraction of sp³-hybridized carbons (Fsp3) is 0.562. The zero-order valence-corrected chi connectivity index (χ0v) is 12.5. The number of para-hydroxylation sites is 1. The topological polar surface area (TPSA) is 66.6 Å². The number of hydrogen-bond acceptors (Lipinski definition) is 3. The molecule has 1 aromatic rings. The van der Waals surface area contributed by atoms with Crippen LogP contribution >= 0.6 is 0 Å². The van der Waals surface area contributed by atoms with Crippen LogP contribution in [0, 0.1) is 11.3 Å². The number of carboxylic acids is 1. The number of carboxylic acid groups (broad SMARTS) is 1. The summed E-state index contributed by atoms with van der Waals surface area (Å²) in [6, 6.07) is 5.24. The maximum atomic E-state index is 11.1. The van der Waals surface area contributed by atoms with E-state index in [9.17, 15) is 4.79 Å². The van der Waals surface area contributed by atoms with Crippen molar-refractivity contribution in [2.75, 3.05) is 23.7 Å². The van der Waals surface area contributed by atoms with E-state index in [1.807, 2.05) is 6.07 Å². The van der Waals surface area contributed by atoms with E-state index in [0.717, 1.165) is 31.6 Å². The maximum Gasteiger partial charge on any atom is 0.337 e. The highest BCUT2D eigenvalue weighted by Gasteiger charge is 2.29. The second-order valence-electron chi connectivity index (χ2n) is 6.67. The first kappa shape index (κ1) is 14.7. The largest absolute Gasteiger partial charge is 0.478 e. The minimum absolute atomic E-state index is 0.195. The Bertz CT molecular complexity index is 498. The van der Waals surface area contributed by atoms with Crippen molar-refractivity contribution in [2.24, 2.45) is 11.3 Å². The minimum Gasteiger partial charge on any atom is -0.478 e. The molecule has 0 atom stereocenters. The van der Waals surface area contributed by atoms with Gasteiger partial charge in [-0.25, -0.2) is 4.79 Å². The number of nitrogens with zero attached hydrogens (tertiary/aromatic N) is 1. The molecule has 1 saturated heterocycles. The Hall–Kier alpha value is -1.71. The lowest BCUT2D eigenvalue weighted by Crippen LogP contribution is -2.38. The van der Waals surface area contributed by atoms with Gasteiger partial charge in [0.05, 0.1) is 16.9 Å². The molecule has 0 spiro atoms. The van der Waals surface area contributed by atoms with E-state index < -0.39 is 5.97 Å². The molecular weight excluding hydrogens is 252 g/mol. The van der Waals surface area contributed by atoms with Gasteiger partial charge in [-0.3, -0.25) is 0 Å². The van der Waals surface area contributed by atoms with Crippen LogP contribution in [0.4, 0.5) is 11.4 Å². The van der Waals surface area contributed by atoms with Gasteiger partial charge in [0.15, 0.2) is 0 Å². The third kappa shape index (κ3) is 2.89. The second-order valence-corrected chi connectivity index (χ2v) is 6.67. The minimum atomic E-state index is -0.964. The summed E-state index contributed by atoms with van der Waals surface area (Å²) in [6.07, 6.45) is 2.25. The van der Waals surface area contributed by atoms with E-state index in [1.165, 1.54) is 0 Å². The number of nitrogens with two attached hydrogens (primary N) is 1. The summed E-state index contributed by atoms with van der Waals surface area (Å²) in [4.78, 5) is 13.4. The number of hydrogen-bond donors (Lipinski definition) is 2. The molecule has 1 aliphatic heterocycles. The SMILES string of the molecule is CC(C)(C)C1CCN(c2cccc(C(=O)O)c2N)CC1. The van der Waals surface area contributed by atoms with Gasteiger partial charge >= 0.3 is 5.97 Å². The van der Waals surface area contributed by atoms with Gasteiger partial charge in [0, 0.05) is 13.1 Å². The quantitative estimate of drug-likeness (QED) is 0.814. The monoisotopic (exact) mass is 276 g/mol. The van der Waals surface area contributed by atoms with Crippen LogP contribution in [-0.2, 0) is 0 Å². The Kier molecular flexibility index (Phi) is 3.93. The number of nitrogen functional groups attached to an aromatic ring is 1. The molecule has 0 unspecified atom stereocenters. The molecule has 0 aliphatic carbocycles. The highest BCUT2D eigenvalue weighted by Crippen LogP contribution is 2.37. The smallest absolute Gasteiger partial charge is 0.337 e. The molecule has 0 amide bonds. The van der Waals surface area contributed by atoms with Crippen molar-refractivity contribution in [1.82, 2.24) is 0 Å². The van der Waals surface area contributed by atoms with Crippen molar-refractivity contribution in [1.29, 1.82) is 0 Å². The lowest BCUT2D eigenvalue weighted by Gasteiger charge is -2.40. The molecule has 4 heteroatoms. The van der Waals surface area contributed by atoms with Gasteiger partial charge in [-0.1, -0.05) is 26.8 Å². The summed E-state index contributed by atoms with van der Waals surface area (Å²) < 4.78 is 0. The van der Waals surface area contributed by atoms with Crippen LogP contribution in [0.25, 0.3) is 0 Å². The zero-order valence-electron chi connectivity index (χ0n) is 12.5. The van der Waals surface area contributed by atoms with Gasteiger partial charge in [-0.15, -0.1) is 0 Å². The summed E-state index contributed by atoms with van der Waals surface area (Å²) in [5.41, 5.74) is 7.78. The highest BCUT2D eigenvalue weighted by atomic mass is 16.4. The highest BCUT2D eigenvalue weighted by molar-refractivity contribution is 5.97. The van der Waals surface area contributed by atoms with Crippen LogP contribution in [0.1, 0.15) is 44.0 Å². The van der Waals surface area contributed by atoms with Crippen LogP contribution in [0.3, 0.4) is 0 Å². The number of aromatic carboxylic acids is 1. The molecule has 0 radical (unpaired) electrons. The Balaban J connectivity index is 2.15. The van der Waals surface area contributed by atoms with Crippen molar-refractivity contribution >= 4 is 17.3 Å². The van der Waals surface area contributed by atoms with Gasteiger partial charge in [0.2, 0.25) is 0 Å². The standard InChI is InChI=1S/C16H24N2O2/c1-16(2,3)11-7-9-18(10-8-11)13-6-4-5-12(14(13)17)15(19)20/h4-6,11H,7-10,17H2,1-3H3,(H,19,20). The molecule has 1 aromatic carbocycles. The first-order valence-corrected chi connectivity index (χ1v) is 7.17. The van der Waals surface area contributed by atoms with E-state index >= 15 is 0 Å².